The minimum Gasteiger partial charge on any atom is -0.450 e. The zero-order valence-electron chi connectivity index (χ0n) is 13.1. The first-order valence-corrected chi connectivity index (χ1v) is 8.26. The fraction of sp³-hybridized carbons (Fsp3) is 0. The minimum atomic E-state index is -0.248. The van der Waals surface area contributed by atoms with Crippen LogP contribution in [0.1, 0.15) is 17.0 Å². The predicted molar refractivity (Wildman–Crippen MR) is 101 cm³/mol. The number of nitrogens with zero attached hydrogens (tertiary/aromatic N) is 1. The van der Waals surface area contributed by atoms with E-state index in [0.717, 1.165) is 5.56 Å². The number of anilines is 1. The summed E-state index contributed by atoms with van der Waals surface area (Å²) in [6, 6.07) is 16.4. The second-order valence-corrected chi connectivity index (χ2v) is 5.79. The molecule has 25 heavy (non-hydrogen) atoms. The molecule has 0 radical (unpaired) electrons. The molecule has 2 heterocycles. The van der Waals surface area contributed by atoms with Gasteiger partial charge in [0.1, 0.15) is 11.5 Å². The predicted octanol–water partition coefficient (Wildman–Crippen LogP) is 4.49. The van der Waals surface area contributed by atoms with Crippen molar-refractivity contribution in [3.63, 3.8) is 0 Å². The fourth-order valence-electron chi connectivity index (χ4n) is 2.01. The molecule has 0 fully saturated rings. The van der Waals surface area contributed by atoms with E-state index >= 15 is 0 Å². The molecule has 1 amide bonds. The van der Waals surface area contributed by atoms with Crippen LogP contribution in [0, 0.1) is 11.8 Å². The van der Waals surface area contributed by atoms with E-state index in [2.05, 4.69) is 38.1 Å². The molecule has 0 saturated heterocycles. The maximum absolute atomic E-state index is 12.0. The Hall–Kier alpha value is -3.10. The van der Waals surface area contributed by atoms with Crippen LogP contribution in [0.25, 0.3) is 6.08 Å². The number of furan rings is 1. The lowest BCUT2D eigenvalue weighted by Gasteiger charge is -2.02. The van der Waals surface area contributed by atoms with Gasteiger partial charge in [-0.3, -0.25) is 4.79 Å². The van der Waals surface area contributed by atoms with Crippen LogP contribution in [0.15, 0.2) is 76.0 Å². The van der Waals surface area contributed by atoms with Gasteiger partial charge in [-0.15, -0.1) is 0 Å². The highest BCUT2D eigenvalue weighted by Gasteiger charge is 2.00. The fourth-order valence-corrected chi connectivity index (χ4v) is 2.33. The number of pyridine rings is 1. The Morgan fingerprint density at radius 2 is 2.04 bits per heavy atom. The summed E-state index contributed by atoms with van der Waals surface area (Å²) in [6.45, 7) is 0. The Balaban J connectivity index is 1.66. The molecule has 1 N–H and O–H groups in total. The van der Waals surface area contributed by atoms with Gasteiger partial charge in [0.25, 0.3) is 0 Å². The van der Waals surface area contributed by atoms with Crippen molar-refractivity contribution in [1.29, 1.82) is 0 Å². The molecule has 0 aliphatic rings. The number of carbonyl (C=O) groups excluding carboxylic acids is 1. The molecule has 1 aromatic carbocycles. The van der Waals surface area contributed by atoms with Crippen LogP contribution in [0.3, 0.4) is 0 Å². The second kappa shape index (κ2) is 8.13. The van der Waals surface area contributed by atoms with Crippen LogP contribution in [0.5, 0.6) is 0 Å². The normalized spacial score (nSPS) is 10.3. The maximum atomic E-state index is 12.0. The number of carbonyl (C=O) groups is 1. The van der Waals surface area contributed by atoms with Crippen molar-refractivity contribution in [3.8, 4) is 11.8 Å². The van der Waals surface area contributed by atoms with Crippen molar-refractivity contribution in [2.75, 3.05) is 5.32 Å². The SMILES string of the molecule is O=C(C=Cc1ccc(Br)o1)Nc1cccc(C#Cc2ccccn2)c1. The summed E-state index contributed by atoms with van der Waals surface area (Å²) in [5, 5.41) is 2.80. The lowest BCUT2D eigenvalue weighted by molar-refractivity contribution is -0.111. The van der Waals surface area contributed by atoms with E-state index in [0.29, 0.717) is 21.8 Å². The number of amides is 1. The van der Waals surface area contributed by atoms with E-state index in [1.54, 1.807) is 30.5 Å². The Morgan fingerprint density at radius 1 is 1.12 bits per heavy atom. The van der Waals surface area contributed by atoms with Gasteiger partial charge in [0.05, 0.1) is 0 Å². The summed E-state index contributed by atoms with van der Waals surface area (Å²) >= 11 is 3.21. The first-order valence-electron chi connectivity index (χ1n) is 7.46. The van der Waals surface area contributed by atoms with E-state index in [1.807, 2.05) is 36.4 Å². The van der Waals surface area contributed by atoms with Gasteiger partial charge in [0.15, 0.2) is 4.67 Å². The topological polar surface area (TPSA) is 55.1 Å². The average Bonchev–Trinajstić information content (AvgIpc) is 3.05. The third kappa shape index (κ3) is 5.20. The molecule has 122 valence electrons. The Labute approximate surface area is 153 Å². The van der Waals surface area contributed by atoms with Gasteiger partial charge in [-0.1, -0.05) is 18.1 Å². The molecule has 0 saturated carbocycles. The highest BCUT2D eigenvalue weighted by atomic mass is 79.9. The minimum absolute atomic E-state index is 0.248. The number of benzene rings is 1. The van der Waals surface area contributed by atoms with Crippen LogP contribution in [-0.2, 0) is 4.79 Å². The first-order chi connectivity index (χ1) is 12.2. The molecule has 0 bridgehead atoms. The molecule has 0 aliphatic heterocycles. The highest BCUT2D eigenvalue weighted by molar-refractivity contribution is 9.10. The Bertz CT molecular complexity index is 966. The summed E-state index contributed by atoms with van der Waals surface area (Å²) in [4.78, 5) is 16.1. The standard InChI is InChI=1S/C20H13BrN2O2/c21-19-11-9-18(25-19)10-12-20(24)23-17-6-3-4-15(14-17)7-8-16-5-1-2-13-22-16/h1-6,9-14H,(H,23,24). The molecule has 3 aromatic rings. The zero-order chi connectivity index (χ0) is 17.5. The van der Waals surface area contributed by atoms with Gasteiger partial charge in [-0.05, 0) is 70.4 Å². The molecule has 5 heteroatoms. The summed E-state index contributed by atoms with van der Waals surface area (Å²) in [7, 11) is 0. The Kier molecular flexibility index (Phi) is 5.45. The molecule has 0 unspecified atom stereocenters. The molecule has 0 atom stereocenters. The quantitative estimate of drug-likeness (QED) is 0.527. The summed E-state index contributed by atoms with van der Waals surface area (Å²) in [5.41, 5.74) is 2.16. The van der Waals surface area contributed by atoms with Crippen molar-refractivity contribution in [3.05, 3.63) is 88.6 Å². The molecule has 0 spiro atoms. The number of hydrogen-bond acceptors (Lipinski definition) is 3. The van der Waals surface area contributed by atoms with Gasteiger partial charge in [0, 0.05) is 23.5 Å². The van der Waals surface area contributed by atoms with E-state index in [-0.39, 0.29) is 5.91 Å². The van der Waals surface area contributed by atoms with Gasteiger partial charge >= 0.3 is 0 Å². The lowest BCUT2D eigenvalue weighted by Crippen LogP contribution is -2.07. The molecule has 2 aromatic heterocycles. The lowest BCUT2D eigenvalue weighted by atomic mass is 10.2. The van der Waals surface area contributed by atoms with Crippen molar-refractivity contribution in [2.45, 2.75) is 0 Å². The number of rotatable bonds is 3. The number of aromatic nitrogens is 1. The monoisotopic (exact) mass is 392 g/mol. The molecular weight excluding hydrogens is 380 g/mol. The summed E-state index contributed by atoms with van der Waals surface area (Å²) in [5.74, 6) is 6.37. The van der Waals surface area contributed by atoms with Gasteiger partial charge < -0.3 is 9.73 Å². The van der Waals surface area contributed by atoms with Crippen LogP contribution in [0.2, 0.25) is 0 Å². The van der Waals surface area contributed by atoms with Crippen LogP contribution >= 0.6 is 15.9 Å². The van der Waals surface area contributed by atoms with Crippen molar-refractivity contribution < 1.29 is 9.21 Å². The highest BCUT2D eigenvalue weighted by Crippen LogP contribution is 2.15. The molecule has 4 nitrogen and oxygen atoms in total. The molecular formula is C20H13BrN2O2. The van der Waals surface area contributed by atoms with Crippen molar-refractivity contribution in [2.24, 2.45) is 0 Å². The maximum Gasteiger partial charge on any atom is 0.248 e. The number of hydrogen-bond donors (Lipinski definition) is 1. The summed E-state index contributed by atoms with van der Waals surface area (Å²) < 4.78 is 5.92. The van der Waals surface area contributed by atoms with E-state index in [9.17, 15) is 4.79 Å². The summed E-state index contributed by atoms with van der Waals surface area (Å²) in [6.07, 6.45) is 4.72. The number of halogens is 1. The molecule has 3 rings (SSSR count). The molecule has 0 aliphatic carbocycles. The second-order valence-electron chi connectivity index (χ2n) is 5.01. The Morgan fingerprint density at radius 3 is 2.80 bits per heavy atom. The third-order valence-electron chi connectivity index (χ3n) is 3.12. The van der Waals surface area contributed by atoms with Crippen molar-refractivity contribution >= 4 is 33.6 Å². The van der Waals surface area contributed by atoms with Crippen LogP contribution in [0.4, 0.5) is 5.69 Å². The van der Waals surface area contributed by atoms with Gasteiger partial charge in [-0.2, -0.15) is 0 Å². The van der Waals surface area contributed by atoms with Crippen LogP contribution in [-0.4, -0.2) is 10.9 Å². The third-order valence-corrected chi connectivity index (χ3v) is 3.55. The smallest absolute Gasteiger partial charge is 0.248 e. The largest absolute Gasteiger partial charge is 0.450 e. The number of nitrogens with one attached hydrogen (secondary N) is 1. The average molecular weight is 393 g/mol. The van der Waals surface area contributed by atoms with E-state index < -0.39 is 0 Å². The van der Waals surface area contributed by atoms with E-state index in [1.165, 1.54) is 6.08 Å². The first kappa shape index (κ1) is 16.7. The zero-order valence-corrected chi connectivity index (χ0v) is 14.7. The van der Waals surface area contributed by atoms with E-state index in [4.69, 9.17) is 4.42 Å². The van der Waals surface area contributed by atoms with Crippen LogP contribution < -0.4 is 5.32 Å². The van der Waals surface area contributed by atoms with Gasteiger partial charge in [0.2, 0.25) is 5.91 Å². The van der Waals surface area contributed by atoms with Crippen molar-refractivity contribution in [1.82, 2.24) is 4.98 Å². The van der Waals surface area contributed by atoms with Gasteiger partial charge in [-0.25, -0.2) is 4.98 Å².